The van der Waals surface area contributed by atoms with Gasteiger partial charge >= 0.3 is 0 Å². The van der Waals surface area contributed by atoms with Gasteiger partial charge in [-0.3, -0.25) is 0 Å². The van der Waals surface area contributed by atoms with Gasteiger partial charge in [0.25, 0.3) is 0 Å². The van der Waals surface area contributed by atoms with Crippen molar-refractivity contribution in [1.82, 2.24) is 4.98 Å². The normalized spacial score (nSPS) is 15.6. The van der Waals surface area contributed by atoms with E-state index in [2.05, 4.69) is 10.3 Å². The highest BCUT2D eigenvalue weighted by molar-refractivity contribution is 7.92. The number of hydrogen-bond donors (Lipinski definition) is 0. The van der Waals surface area contributed by atoms with Crippen molar-refractivity contribution >= 4 is 49.5 Å². The van der Waals surface area contributed by atoms with Gasteiger partial charge in [0.05, 0.1) is 20.9 Å². The molecule has 0 unspecified atom stereocenters. The third-order valence-corrected chi connectivity index (χ3v) is 9.09. The summed E-state index contributed by atoms with van der Waals surface area (Å²) in [4.78, 5) is 7.16. The number of hydrogen-bond acceptors (Lipinski definition) is 5. The van der Waals surface area contributed by atoms with Crippen LogP contribution in [0.4, 0.5) is 5.13 Å². The number of halogens is 2. The van der Waals surface area contributed by atoms with E-state index in [1.807, 2.05) is 24.3 Å². The van der Waals surface area contributed by atoms with E-state index in [1.165, 1.54) is 0 Å². The first-order valence-electron chi connectivity index (χ1n) is 9.36. The van der Waals surface area contributed by atoms with E-state index in [1.54, 1.807) is 35.6 Å². The molecule has 1 aliphatic heterocycles. The van der Waals surface area contributed by atoms with Gasteiger partial charge in [-0.1, -0.05) is 47.5 Å². The number of piperidine rings is 1. The fourth-order valence-corrected chi connectivity index (χ4v) is 6.81. The smallest absolute Gasteiger partial charge is 0.185 e. The van der Waals surface area contributed by atoms with Crippen molar-refractivity contribution < 1.29 is 8.42 Å². The maximum atomic E-state index is 13.0. The van der Waals surface area contributed by atoms with Crippen molar-refractivity contribution in [1.29, 1.82) is 0 Å². The summed E-state index contributed by atoms with van der Waals surface area (Å²) < 4.78 is 25.9. The van der Waals surface area contributed by atoms with Gasteiger partial charge in [0.15, 0.2) is 15.0 Å². The van der Waals surface area contributed by atoms with Crippen LogP contribution in [0.3, 0.4) is 0 Å². The predicted octanol–water partition coefficient (Wildman–Crippen LogP) is 5.48. The second-order valence-corrected chi connectivity index (χ2v) is 11.0. The zero-order chi connectivity index (χ0) is 20.4. The predicted molar refractivity (Wildman–Crippen MR) is 120 cm³/mol. The molecule has 1 aromatic heterocycles. The van der Waals surface area contributed by atoms with E-state index in [-0.39, 0.29) is 4.90 Å². The summed E-state index contributed by atoms with van der Waals surface area (Å²) in [5, 5.41) is 3.62. The molecule has 3 aromatic rings. The Labute approximate surface area is 185 Å². The third kappa shape index (κ3) is 4.61. The van der Waals surface area contributed by atoms with E-state index in [0.717, 1.165) is 27.8 Å². The van der Waals surface area contributed by atoms with Crippen molar-refractivity contribution in [2.75, 3.05) is 18.0 Å². The number of aromatic nitrogens is 1. The van der Waals surface area contributed by atoms with Crippen molar-refractivity contribution in [3.8, 4) is 0 Å². The van der Waals surface area contributed by atoms with E-state index >= 15 is 0 Å². The van der Waals surface area contributed by atoms with E-state index < -0.39 is 15.1 Å². The molecule has 1 saturated heterocycles. The second kappa shape index (κ2) is 8.64. The molecular weight excluding hydrogens is 447 g/mol. The average Bonchev–Trinajstić information content (AvgIpc) is 3.18. The van der Waals surface area contributed by atoms with E-state index in [4.69, 9.17) is 28.2 Å². The molecule has 0 saturated carbocycles. The molecule has 4 rings (SSSR count). The molecule has 1 aliphatic rings. The lowest BCUT2D eigenvalue weighted by molar-refractivity contribution is 0.529. The van der Waals surface area contributed by atoms with Crippen molar-refractivity contribution in [3.63, 3.8) is 0 Å². The van der Waals surface area contributed by atoms with E-state index in [0.29, 0.717) is 31.0 Å². The standard InChI is InChI=1S/C21H20Cl2N2O2S2/c22-16-7-5-15(6-8-16)13-17-14-28-21(24-17)25-11-9-18(10-12-25)29(26,27)20-4-2-1-3-19(20)23/h1-8,14,18H,9-13H2. The Morgan fingerprint density at radius 3 is 2.41 bits per heavy atom. The number of rotatable bonds is 5. The SMILES string of the molecule is O=S(=O)(c1ccccc1Cl)C1CCN(c2nc(Cc3ccc(Cl)cc3)cs2)CC1. The molecule has 29 heavy (non-hydrogen) atoms. The Hall–Kier alpha value is -1.60. The molecule has 4 nitrogen and oxygen atoms in total. The molecule has 0 spiro atoms. The summed E-state index contributed by atoms with van der Waals surface area (Å²) in [6.45, 7) is 1.34. The topological polar surface area (TPSA) is 50.3 Å². The Bertz CT molecular complexity index is 1090. The van der Waals surface area contributed by atoms with Gasteiger partial charge in [-0.25, -0.2) is 13.4 Å². The Morgan fingerprint density at radius 2 is 1.72 bits per heavy atom. The maximum Gasteiger partial charge on any atom is 0.185 e. The average molecular weight is 467 g/mol. The maximum absolute atomic E-state index is 13.0. The van der Waals surface area contributed by atoms with Crippen molar-refractivity contribution in [3.05, 3.63) is 75.2 Å². The van der Waals surface area contributed by atoms with Gasteiger partial charge in [0, 0.05) is 29.9 Å². The van der Waals surface area contributed by atoms with Gasteiger partial charge in [0.1, 0.15) is 0 Å². The van der Waals surface area contributed by atoms with Gasteiger partial charge in [0.2, 0.25) is 0 Å². The fraction of sp³-hybridized carbons (Fsp3) is 0.286. The Kier molecular flexibility index (Phi) is 6.16. The summed E-state index contributed by atoms with van der Waals surface area (Å²) >= 11 is 13.7. The minimum absolute atomic E-state index is 0.236. The summed E-state index contributed by atoms with van der Waals surface area (Å²) in [7, 11) is -3.42. The molecular formula is C21H20Cl2N2O2S2. The molecule has 0 N–H and O–H groups in total. The highest BCUT2D eigenvalue weighted by Crippen LogP contribution is 2.32. The number of anilines is 1. The van der Waals surface area contributed by atoms with Gasteiger partial charge in [-0.15, -0.1) is 11.3 Å². The first-order valence-corrected chi connectivity index (χ1v) is 12.5. The zero-order valence-corrected chi connectivity index (χ0v) is 18.7. The highest BCUT2D eigenvalue weighted by atomic mass is 35.5. The lowest BCUT2D eigenvalue weighted by atomic mass is 10.1. The number of nitrogens with zero attached hydrogens (tertiary/aromatic N) is 2. The molecule has 8 heteroatoms. The monoisotopic (exact) mass is 466 g/mol. The molecule has 0 amide bonds. The fourth-order valence-electron chi connectivity index (χ4n) is 3.55. The second-order valence-electron chi connectivity index (χ2n) is 7.09. The van der Waals surface area contributed by atoms with Crippen LogP contribution in [0.1, 0.15) is 24.1 Å². The first-order chi connectivity index (χ1) is 13.9. The van der Waals surface area contributed by atoms with Crippen LogP contribution in [0.2, 0.25) is 10.0 Å². The van der Waals surface area contributed by atoms with Gasteiger partial charge in [-0.2, -0.15) is 0 Å². The molecule has 2 heterocycles. The van der Waals surface area contributed by atoms with Crippen LogP contribution in [0, 0.1) is 0 Å². The summed E-state index contributed by atoms with van der Waals surface area (Å²) in [6, 6.07) is 14.5. The van der Waals surface area contributed by atoms with Crippen LogP contribution in [0.25, 0.3) is 0 Å². The quantitative estimate of drug-likeness (QED) is 0.499. The van der Waals surface area contributed by atoms with E-state index in [9.17, 15) is 8.42 Å². The molecule has 0 radical (unpaired) electrons. The first kappa shape index (κ1) is 20.7. The summed E-state index contributed by atoms with van der Waals surface area (Å²) in [6.07, 6.45) is 1.89. The molecule has 2 aromatic carbocycles. The van der Waals surface area contributed by atoms with Gasteiger partial charge < -0.3 is 4.90 Å². The minimum atomic E-state index is -3.42. The number of sulfone groups is 1. The molecule has 1 fully saturated rings. The molecule has 0 aliphatic carbocycles. The van der Waals surface area contributed by atoms with Crippen LogP contribution in [-0.2, 0) is 16.3 Å². The molecule has 0 atom stereocenters. The third-order valence-electron chi connectivity index (χ3n) is 5.13. The lowest BCUT2D eigenvalue weighted by Gasteiger charge is -2.31. The highest BCUT2D eigenvalue weighted by Gasteiger charge is 2.33. The number of thiazole rings is 1. The largest absolute Gasteiger partial charge is 0.348 e. The van der Waals surface area contributed by atoms with Gasteiger partial charge in [-0.05, 0) is 42.7 Å². The Morgan fingerprint density at radius 1 is 1.03 bits per heavy atom. The van der Waals surface area contributed by atoms with Crippen LogP contribution in [0.5, 0.6) is 0 Å². The van der Waals surface area contributed by atoms with Crippen LogP contribution >= 0.6 is 34.5 Å². The van der Waals surface area contributed by atoms with Crippen LogP contribution in [0.15, 0.2) is 58.8 Å². The number of benzene rings is 2. The lowest BCUT2D eigenvalue weighted by Crippen LogP contribution is -2.39. The zero-order valence-electron chi connectivity index (χ0n) is 15.6. The van der Waals surface area contributed by atoms with Crippen molar-refractivity contribution in [2.24, 2.45) is 0 Å². The summed E-state index contributed by atoms with van der Waals surface area (Å²) in [5.74, 6) is 0. The van der Waals surface area contributed by atoms with Crippen LogP contribution in [-0.4, -0.2) is 31.7 Å². The molecule has 0 bridgehead atoms. The van der Waals surface area contributed by atoms with Crippen LogP contribution < -0.4 is 4.90 Å². The van der Waals surface area contributed by atoms with Crippen molar-refractivity contribution in [2.45, 2.75) is 29.4 Å². The summed E-state index contributed by atoms with van der Waals surface area (Å²) in [5.41, 5.74) is 2.17. The molecule has 152 valence electrons. The Balaban J connectivity index is 1.40. The minimum Gasteiger partial charge on any atom is -0.348 e.